The van der Waals surface area contributed by atoms with Crippen LogP contribution < -0.4 is 0 Å². The van der Waals surface area contributed by atoms with Crippen LogP contribution in [0.2, 0.25) is 0 Å². The van der Waals surface area contributed by atoms with Gasteiger partial charge in [-0.05, 0) is 6.92 Å². The maximum atomic E-state index is 9.76. The summed E-state index contributed by atoms with van der Waals surface area (Å²) in [6, 6.07) is 0. The molecule has 3 heteroatoms. The second-order valence-corrected chi connectivity index (χ2v) is 2.08. The first kappa shape index (κ1) is 6.46. The molecule has 0 bridgehead atoms. The van der Waals surface area contributed by atoms with E-state index < -0.39 is 5.72 Å². The molecule has 0 amide bonds. The fourth-order valence-corrected chi connectivity index (χ4v) is 0.747. The smallest absolute Gasteiger partial charge is 0.237 e. The fourth-order valence-electron chi connectivity index (χ4n) is 0.747. The van der Waals surface area contributed by atoms with Crippen molar-refractivity contribution in [3.8, 4) is 0 Å². The van der Waals surface area contributed by atoms with Crippen molar-refractivity contribution in [1.29, 1.82) is 0 Å². The van der Waals surface area contributed by atoms with Crippen LogP contribution in [0.4, 0.5) is 0 Å². The first-order chi connectivity index (χ1) is 4.33. The van der Waals surface area contributed by atoms with E-state index >= 15 is 0 Å². The van der Waals surface area contributed by atoms with Crippen molar-refractivity contribution in [1.82, 2.24) is 0 Å². The predicted molar refractivity (Wildman–Crippen MR) is 31.7 cm³/mol. The Kier molecular flexibility index (Phi) is 1.65. The van der Waals surface area contributed by atoms with Gasteiger partial charge in [0.2, 0.25) is 6.08 Å². The minimum absolute atomic E-state index is 0.448. The molecule has 1 rings (SSSR count). The molecular formula is C6H9NO2. The van der Waals surface area contributed by atoms with Crippen molar-refractivity contribution in [2.45, 2.75) is 25.5 Å². The monoisotopic (exact) mass is 127 g/mol. The lowest BCUT2D eigenvalue weighted by Crippen LogP contribution is -2.09. The largest absolute Gasteiger partial charge is 0.353 e. The maximum absolute atomic E-state index is 9.76. The molecule has 0 aromatic carbocycles. The van der Waals surface area contributed by atoms with Gasteiger partial charge in [-0.3, -0.25) is 0 Å². The number of hydrogen-bond donors (Lipinski definition) is 0. The van der Waals surface area contributed by atoms with Gasteiger partial charge in [-0.15, -0.1) is 0 Å². The molecule has 3 nitrogen and oxygen atoms in total. The highest BCUT2D eigenvalue weighted by Gasteiger charge is 2.43. The Hall–Kier alpha value is -0.660. The Bertz CT molecular complexity index is 145. The van der Waals surface area contributed by atoms with Gasteiger partial charge in [-0.1, -0.05) is 0 Å². The lowest BCUT2D eigenvalue weighted by Gasteiger charge is -2.04. The van der Waals surface area contributed by atoms with Crippen LogP contribution in [0, 0.1) is 0 Å². The highest BCUT2D eigenvalue weighted by molar-refractivity contribution is 5.35. The molecule has 0 aromatic rings. The van der Waals surface area contributed by atoms with E-state index in [1.807, 2.05) is 6.92 Å². The number of isocyanates is 1. The number of ether oxygens (including phenoxy) is 1. The van der Waals surface area contributed by atoms with Crippen LogP contribution in [0.5, 0.6) is 0 Å². The van der Waals surface area contributed by atoms with Gasteiger partial charge in [0.15, 0.2) is 5.72 Å². The molecular weight excluding hydrogens is 118 g/mol. The molecule has 0 N–H and O–H groups in total. The normalized spacial score (nSPS) is 20.6. The van der Waals surface area contributed by atoms with E-state index in [2.05, 4.69) is 4.99 Å². The van der Waals surface area contributed by atoms with Crippen molar-refractivity contribution < 1.29 is 9.53 Å². The second-order valence-electron chi connectivity index (χ2n) is 2.08. The molecule has 50 valence electrons. The van der Waals surface area contributed by atoms with Crippen molar-refractivity contribution in [2.24, 2.45) is 4.99 Å². The van der Waals surface area contributed by atoms with Gasteiger partial charge < -0.3 is 4.74 Å². The van der Waals surface area contributed by atoms with Crippen LogP contribution in [0.1, 0.15) is 19.8 Å². The molecule has 1 aliphatic rings. The minimum atomic E-state index is -0.448. The number of aliphatic imine (C=N–C) groups is 1. The molecule has 0 aromatic heterocycles. The van der Waals surface area contributed by atoms with Gasteiger partial charge in [-0.2, -0.15) is 4.99 Å². The zero-order chi connectivity index (χ0) is 6.74. The van der Waals surface area contributed by atoms with E-state index in [4.69, 9.17) is 4.74 Å². The van der Waals surface area contributed by atoms with Crippen molar-refractivity contribution in [3.05, 3.63) is 0 Å². The Balaban J connectivity index is 2.42. The topological polar surface area (TPSA) is 38.7 Å². The summed E-state index contributed by atoms with van der Waals surface area (Å²) >= 11 is 0. The number of hydrogen-bond acceptors (Lipinski definition) is 3. The van der Waals surface area contributed by atoms with Gasteiger partial charge in [0.1, 0.15) is 0 Å². The molecule has 1 saturated carbocycles. The zero-order valence-corrected chi connectivity index (χ0v) is 5.39. The fraction of sp³-hybridized carbons (Fsp3) is 0.833. The highest BCUT2D eigenvalue weighted by Crippen LogP contribution is 2.40. The third-order valence-corrected chi connectivity index (χ3v) is 1.34. The van der Waals surface area contributed by atoms with E-state index in [9.17, 15) is 4.79 Å². The van der Waals surface area contributed by atoms with Crippen molar-refractivity contribution >= 4 is 6.08 Å². The lowest BCUT2D eigenvalue weighted by atomic mass is 10.6. The molecule has 0 radical (unpaired) electrons. The molecule has 1 aliphatic carbocycles. The number of carbonyl (C=O) groups excluding carboxylic acids is 1. The van der Waals surface area contributed by atoms with Gasteiger partial charge in [0, 0.05) is 19.4 Å². The summed E-state index contributed by atoms with van der Waals surface area (Å²) in [5.41, 5.74) is -0.448. The van der Waals surface area contributed by atoms with Gasteiger partial charge in [0.25, 0.3) is 0 Å². The summed E-state index contributed by atoms with van der Waals surface area (Å²) < 4.78 is 5.15. The minimum Gasteiger partial charge on any atom is -0.353 e. The SMILES string of the molecule is CCOC1(N=C=O)CC1. The zero-order valence-electron chi connectivity index (χ0n) is 5.39. The van der Waals surface area contributed by atoms with Gasteiger partial charge >= 0.3 is 0 Å². The van der Waals surface area contributed by atoms with Crippen LogP contribution >= 0.6 is 0 Å². The van der Waals surface area contributed by atoms with Crippen LogP contribution in [-0.4, -0.2) is 18.4 Å². The Morgan fingerprint density at radius 3 is 2.78 bits per heavy atom. The first-order valence-electron chi connectivity index (χ1n) is 3.06. The Labute approximate surface area is 53.7 Å². The predicted octanol–water partition coefficient (Wildman–Crippen LogP) is 0.849. The van der Waals surface area contributed by atoms with E-state index in [0.29, 0.717) is 6.61 Å². The average Bonchev–Trinajstić information content (AvgIpc) is 2.51. The van der Waals surface area contributed by atoms with Crippen molar-refractivity contribution in [2.75, 3.05) is 6.61 Å². The van der Waals surface area contributed by atoms with Gasteiger partial charge in [-0.25, -0.2) is 4.79 Å². The molecule has 1 fully saturated rings. The Morgan fingerprint density at radius 1 is 1.78 bits per heavy atom. The highest BCUT2D eigenvalue weighted by atomic mass is 16.5. The second kappa shape index (κ2) is 2.29. The Morgan fingerprint density at radius 2 is 2.44 bits per heavy atom. The lowest BCUT2D eigenvalue weighted by molar-refractivity contribution is 0.0490. The summed E-state index contributed by atoms with van der Waals surface area (Å²) in [6.45, 7) is 2.51. The summed E-state index contributed by atoms with van der Waals surface area (Å²) in [4.78, 5) is 13.3. The first-order valence-corrected chi connectivity index (χ1v) is 3.06. The van der Waals surface area contributed by atoms with E-state index in [1.165, 1.54) is 6.08 Å². The quantitative estimate of drug-likeness (QED) is 0.416. The summed E-state index contributed by atoms with van der Waals surface area (Å²) in [7, 11) is 0. The van der Waals surface area contributed by atoms with Crippen LogP contribution in [0.3, 0.4) is 0 Å². The van der Waals surface area contributed by atoms with Gasteiger partial charge in [0.05, 0.1) is 0 Å². The number of rotatable bonds is 3. The summed E-state index contributed by atoms with van der Waals surface area (Å²) in [6.07, 6.45) is 3.25. The van der Waals surface area contributed by atoms with Crippen LogP contribution in [-0.2, 0) is 9.53 Å². The summed E-state index contributed by atoms with van der Waals surface area (Å²) in [5, 5.41) is 0. The molecule has 0 unspecified atom stereocenters. The van der Waals surface area contributed by atoms with E-state index in [1.54, 1.807) is 0 Å². The molecule has 0 aliphatic heterocycles. The third kappa shape index (κ3) is 1.37. The number of nitrogens with zero attached hydrogens (tertiary/aromatic N) is 1. The molecule has 0 saturated heterocycles. The maximum Gasteiger partial charge on any atom is 0.237 e. The molecule has 0 atom stereocenters. The van der Waals surface area contributed by atoms with Crippen LogP contribution in [0.25, 0.3) is 0 Å². The molecule has 0 heterocycles. The van der Waals surface area contributed by atoms with Crippen molar-refractivity contribution in [3.63, 3.8) is 0 Å². The standard InChI is InChI=1S/C6H9NO2/c1-2-9-6(3-4-6)7-5-8/h2-4H2,1H3. The third-order valence-electron chi connectivity index (χ3n) is 1.34. The molecule has 0 spiro atoms. The average molecular weight is 127 g/mol. The van der Waals surface area contributed by atoms with E-state index in [-0.39, 0.29) is 0 Å². The molecule has 9 heavy (non-hydrogen) atoms. The summed E-state index contributed by atoms with van der Waals surface area (Å²) in [5.74, 6) is 0. The van der Waals surface area contributed by atoms with Crippen LogP contribution in [0.15, 0.2) is 4.99 Å². The van der Waals surface area contributed by atoms with E-state index in [0.717, 1.165) is 12.8 Å².